The summed E-state index contributed by atoms with van der Waals surface area (Å²) in [5, 5.41) is 2.93. The molecule has 1 amide bonds. The number of sulfonamides is 1. The van der Waals surface area contributed by atoms with Crippen LogP contribution < -0.4 is 9.62 Å². The predicted molar refractivity (Wildman–Crippen MR) is 108 cm³/mol. The van der Waals surface area contributed by atoms with Crippen LogP contribution in [0.5, 0.6) is 0 Å². The van der Waals surface area contributed by atoms with E-state index in [1.54, 1.807) is 24.3 Å². The molecule has 144 valence electrons. The maximum Gasteiger partial charge on any atom is 0.241 e. The minimum atomic E-state index is -3.55. The summed E-state index contributed by atoms with van der Waals surface area (Å²) in [4.78, 5) is 12.5. The lowest BCUT2D eigenvalue weighted by atomic mass is 9.89. The van der Waals surface area contributed by atoms with Gasteiger partial charge in [0.1, 0.15) is 6.54 Å². The van der Waals surface area contributed by atoms with E-state index < -0.39 is 10.0 Å². The zero-order chi connectivity index (χ0) is 19.4. The molecule has 2 aromatic rings. The van der Waals surface area contributed by atoms with Gasteiger partial charge in [0.15, 0.2) is 0 Å². The minimum Gasteiger partial charge on any atom is -0.348 e. The minimum absolute atomic E-state index is 0.179. The molecule has 0 saturated carbocycles. The van der Waals surface area contributed by atoms with Gasteiger partial charge in [0.2, 0.25) is 15.9 Å². The summed E-state index contributed by atoms with van der Waals surface area (Å²) in [7, 11) is -3.55. The fraction of sp³-hybridized carbons (Fsp3) is 0.381. The zero-order valence-corrected chi connectivity index (χ0v) is 16.6. The number of para-hydroxylation sites is 1. The van der Waals surface area contributed by atoms with Crippen LogP contribution in [0.15, 0.2) is 48.5 Å². The Morgan fingerprint density at radius 1 is 1.07 bits per heavy atom. The maximum absolute atomic E-state index is 12.5. The second kappa shape index (κ2) is 8.13. The molecule has 5 nitrogen and oxygen atoms in total. The Hall–Kier alpha value is -2.34. The van der Waals surface area contributed by atoms with E-state index >= 15 is 0 Å². The maximum atomic E-state index is 12.5. The molecule has 27 heavy (non-hydrogen) atoms. The number of nitrogens with one attached hydrogen (secondary N) is 1. The number of carbonyl (C=O) groups excluding carboxylic acids is 1. The topological polar surface area (TPSA) is 66.5 Å². The molecule has 1 aliphatic rings. The Balaban J connectivity index is 1.70. The average molecular weight is 387 g/mol. The Labute approximate surface area is 161 Å². The van der Waals surface area contributed by atoms with Crippen molar-refractivity contribution in [3.63, 3.8) is 0 Å². The van der Waals surface area contributed by atoms with E-state index in [0.29, 0.717) is 5.69 Å². The molecular weight excluding hydrogens is 360 g/mol. The van der Waals surface area contributed by atoms with Crippen molar-refractivity contribution < 1.29 is 13.2 Å². The standard InChI is InChI=1S/C21H26N2O3S/c1-16(18-13-12-17-8-6-7-9-19(17)14-18)22-21(24)15-23(27(2,25)26)20-10-4-3-5-11-20/h3-5,10-14,16H,6-9,15H2,1-2H3,(H,22,24). The van der Waals surface area contributed by atoms with E-state index in [0.717, 1.165) is 29.0 Å². The molecule has 1 N–H and O–H groups in total. The van der Waals surface area contributed by atoms with Crippen LogP contribution in [0.4, 0.5) is 5.69 Å². The highest BCUT2D eigenvalue weighted by atomic mass is 32.2. The first-order valence-corrected chi connectivity index (χ1v) is 11.1. The third-order valence-electron chi connectivity index (χ3n) is 4.98. The first-order chi connectivity index (χ1) is 12.8. The van der Waals surface area contributed by atoms with Gasteiger partial charge in [-0.05, 0) is 61.4 Å². The van der Waals surface area contributed by atoms with E-state index in [1.165, 1.54) is 24.0 Å². The lowest BCUT2D eigenvalue weighted by molar-refractivity contribution is -0.120. The molecule has 0 fully saturated rings. The van der Waals surface area contributed by atoms with Gasteiger partial charge in [-0.25, -0.2) is 8.42 Å². The monoisotopic (exact) mass is 386 g/mol. The van der Waals surface area contributed by atoms with Crippen LogP contribution in [-0.2, 0) is 27.7 Å². The second-order valence-electron chi connectivity index (χ2n) is 7.13. The van der Waals surface area contributed by atoms with E-state index in [2.05, 4.69) is 23.5 Å². The molecule has 0 spiro atoms. The highest BCUT2D eigenvalue weighted by molar-refractivity contribution is 7.92. The summed E-state index contributed by atoms with van der Waals surface area (Å²) in [6, 6.07) is 14.9. The Morgan fingerprint density at radius 3 is 2.41 bits per heavy atom. The van der Waals surface area contributed by atoms with Crippen LogP contribution in [0, 0.1) is 0 Å². The number of aryl methyl sites for hydroxylation is 2. The number of nitrogens with zero attached hydrogens (tertiary/aromatic N) is 1. The third-order valence-corrected chi connectivity index (χ3v) is 6.12. The summed E-state index contributed by atoms with van der Waals surface area (Å²) in [6.07, 6.45) is 5.76. The largest absolute Gasteiger partial charge is 0.348 e. The van der Waals surface area contributed by atoms with Crippen molar-refractivity contribution >= 4 is 21.6 Å². The van der Waals surface area contributed by atoms with Gasteiger partial charge in [-0.15, -0.1) is 0 Å². The summed E-state index contributed by atoms with van der Waals surface area (Å²) in [6.45, 7) is 1.69. The fourth-order valence-electron chi connectivity index (χ4n) is 3.52. The average Bonchev–Trinajstić information content (AvgIpc) is 2.65. The van der Waals surface area contributed by atoms with Crippen molar-refractivity contribution in [3.05, 3.63) is 65.2 Å². The number of anilines is 1. The van der Waals surface area contributed by atoms with Gasteiger partial charge in [0, 0.05) is 0 Å². The summed E-state index contributed by atoms with van der Waals surface area (Å²) < 4.78 is 25.4. The second-order valence-corrected chi connectivity index (χ2v) is 9.04. The molecule has 0 aliphatic heterocycles. The molecule has 3 rings (SSSR count). The number of hydrogen-bond donors (Lipinski definition) is 1. The molecule has 2 aromatic carbocycles. The number of fused-ring (bicyclic) bond motifs is 1. The predicted octanol–water partition coefficient (Wildman–Crippen LogP) is 3.21. The molecule has 0 bridgehead atoms. The van der Waals surface area contributed by atoms with E-state index in [4.69, 9.17) is 0 Å². The van der Waals surface area contributed by atoms with E-state index in [-0.39, 0.29) is 18.5 Å². The van der Waals surface area contributed by atoms with Crippen molar-refractivity contribution in [1.29, 1.82) is 0 Å². The highest BCUT2D eigenvalue weighted by Gasteiger charge is 2.22. The van der Waals surface area contributed by atoms with Gasteiger partial charge >= 0.3 is 0 Å². The number of benzene rings is 2. The van der Waals surface area contributed by atoms with Crippen LogP contribution in [0.1, 0.15) is 42.5 Å². The molecule has 0 saturated heterocycles. The Kier molecular flexibility index (Phi) is 5.85. The van der Waals surface area contributed by atoms with Crippen molar-refractivity contribution in [2.45, 2.75) is 38.6 Å². The van der Waals surface area contributed by atoms with Gasteiger partial charge < -0.3 is 5.32 Å². The summed E-state index contributed by atoms with van der Waals surface area (Å²) in [5.74, 6) is -0.325. The first-order valence-electron chi connectivity index (χ1n) is 9.28. The van der Waals surface area contributed by atoms with Gasteiger partial charge in [-0.1, -0.05) is 36.4 Å². The molecule has 1 aliphatic carbocycles. The van der Waals surface area contributed by atoms with Crippen molar-refractivity contribution in [3.8, 4) is 0 Å². The number of rotatable bonds is 6. The number of hydrogen-bond acceptors (Lipinski definition) is 3. The van der Waals surface area contributed by atoms with Crippen LogP contribution in [0.2, 0.25) is 0 Å². The van der Waals surface area contributed by atoms with Crippen LogP contribution in [-0.4, -0.2) is 27.1 Å². The van der Waals surface area contributed by atoms with Gasteiger partial charge in [0.05, 0.1) is 18.0 Å². The van der Waals surface area contributed by atoms with Gasteiger partial charge in [-0.3, -0.25) is 9.10 Å². The lowest BCUT2D eigenvalue weighted by Crippen LogP contribution is -2.41. The number of amides is 1. The van der Waals surface area contributed by atoms with Crippen LogP contribution >= 0.6 is 0 Å². The molecule has 0 radical (unpaired) electrons. The van der Waals surface area contributed by atoms with Crippen LogP contribution in [0.25, 0.3) is 0 Å². The zero-order valence-electron chi connectivity index (χ0n) is 15.8. The SMILES string of the molecule is CC(NC(=O)CN(c1ccccc1)S(C)(=O)=O)c1ccc2c(c1)CCCC2. The molecular formula is C21H26N2O3S. The summed E-state index contributed by atoms with van der Waals surface area (Å²) in [5.41, 5.74) is 4.30. The van der Waals surface area contributed by atoms with Gasteiger partial charge in [-0.2, -0.15) is 0 Å². The van der Waals surface area contributed by atoms with Crippen molar-refractivity contribution in [1.82, 2.24) is 5.32 Å². The first kappa shape index (κ1) is 19.4. The quantitative estimate of drug-likeness (QED) is 0.829. The third kappa shape index (κ3) is 4.89. The lowest BCUT2D eigenvalue weighted by Gasteiger charge is -2.24. The highest BCUT2D eigenvalue weighted by Crippen LogP contribution is 2.25. The molecule has 0 aromatic heterocycles. The Bertz CT molecular complexity index is 910. The molecule has 0 heterocycles. The molecule has 1 unspecified atom stereocenters. The Morgan fingerprint density at radius 2 is 1.74 bits per heavy atom. The van der Waals surface area contributed by atoms with E-state index in [1.807, 2.05) is 13.0 Å². The molecule has 6 heteroatoms. The van der Waals surface area contributed by atoms with E-state index in [9.17, 15) is 13.2 Å². The fourth-order valence-corrected chi connectivity index (χ4v) is 4.37. The smallest absolute Gasteiger partial charge is 0.241 e. The molecule has 1 atom stereocenters. The van der Waals surface area contributed by atoms with Gasteiger partial charge in [0.25, 0.3) is 0 Å². The van der Waals surface area contributed by atoms with Crippen LogP contribution in [0.3, 0.4) is 0 Å². The van der Waals surface area contributed by atoms with Crippen molar-refractivity contribution in [2.24, 2.45) is 0 Å². The number of carbonyl (C=O) groups is 1. The normalized spacial score (nSPS) is 14.9. The van der Waals surface area contributed by atoms with Crippen molar-refractivity contribution in [2.75, 3.05) is 17.1 Å². The summed E-state index contributed by atoms with van der Waals surface area (Å²) >= 11 is 0.